The molecule has 37 heavy (non-hydrogen) atoms. The molecule has 0 radical (unpaired) electrons. The number of anilines is 2. The highest BCUT2D eigenvalue weighted by molar-refractivity contribution is 6.01. The average molecular weight is 487 g/mol. The second-order valence-electron chi connectivity index (χ2n) is 9.89. The first kappa shape index (κ1) is 23.1. The monoisotopic (exact) mass is 486 g/mol. The molecule has 2 atom stereocenters. The number of hydrogen-bond acceptors (Lipinski definition) is 4. The van der Waals surface area contributed by atoms with Gasteiger partial charge >= 0.3 is 0 Å². The van der Waals surface area contributed by atoms with Gasteiger partial charge in [-0.15, -0.1) is 0 Å². The zero-order valence-electron chi connectivity index (χ0n) is 20.9. The first-order valence-electron chi connectivity index (χ1n) is 12.9. The summed E-state index contributed by atoms with van der Waals surface area (Å²) in [6, 6.07) is 34.6. The Morgan fingerprint density at radius 3 is 2.30 bits per heavy atom. The molecule has 184 valence electrons. The summed E-state index contributed by atoms with van der Waals surface area (Å²) in [7, 11) is 0. The first-order chi connectivity index (χ1) is 18.2. The molecule has 0 amide bonds. The van der Waals surface area contributed by atoms with Gasteiger partial charge in [0.15, 0.2) is 5.78 Å². The van der Waals surface area contributed by atoms with Crippen molar-refractivity contribution in [3.05, 3.63) is 137 Å². The number of fused-ring (bicyclic) bond motifs is 1. The van der Waals surface area contributed by atoms with Crippen LogP contribution in [-0.4, -0.2) is 5.78 Å². The van der Waals surface area contributed by atoms with Gasteiger partial charge in [0.1, 0.15) is 12.4 Å². The van der Waals surface area contributed by atoms with E-state index in [4.69, 9.17) is 4.74 Å². The van der Waals surface area contributed by atoms with Gasteiger partial charge in [-0.05, 0) is 48.6 Å². The van der Waals surface area contributed by atoms with Crippen molar-refractivity contribution in [2.45, 2.75) is 38.3 Å². The molecule has 1 heterocycles. The summed E-state index contributed by atoms with van der Waals surface area (Å²) < 4.78 is 6.33. The summed E-state index contributed by atoms with van der Waals surface area (Å²) >= 11 is 0. The van der Waals surface area contributed by atoms with Crippen LogP contribution in [0, 0.1) is 6.92 Å². The highest BCUT2D eigenvalue weighted by atomic mass is 16.5. The lowest BCUT2D eigenvalue weighted by atomic mass is 9.78. The summed E-state index contributed by atoms with van der Waals surface area (Å²) in [5.41, 5.74) is 8.25. The average Bonchev–Trinajstić information content (AvgIpc) is 3.10. The topological polar surface area (TPSA) is 50.4 Å². The first-order valence-corrected chi connectivity index (χ1v) is 12.9. The Balaban J connectivity index is 1.40. The third kappa shape index (κ3) is 4.75. The minimum atomic E-state index is -0.315. The number of rotatable bonds is 5. The fourth-order valence-corrected chi connectivity index (χ4v) is 5.39. The maximum atomic E-state index is 13.9. The van der Waals surface area contributed by atoms with E-state index in [0.29, 0.717) is 13.0 Å². The number of Topliss-reactive ketones (excluding diaryl/α,β-unsaturated/α-hetero) is 1. The molecule has 0 unspecified atom stereocenters. The van der Waals surface area contributed by atoms with Crippen LogP contribution in [0.1, 0.15) is 47.1 Å². The van der Waals surface area contributed by atoms with E-state index >= 15 is 0 Å². The van der Waals surface area contributed by atoms with Gasteiger partial charge < -0.3 is 15.4 Å². The Morgan fingerprint density at radius 2 is 1.49 bits per heavy atom. The maximum absolute atomic E-state index is 13.9. The Labute approximate surface area is 218 Å². The summed E-state index contributed by atoms with van der Waals surface area (Å²) in [6.45, 7) is 2.56. The number of aryl methyl sites for hydroxylation is 1. The molecule has 0 bridgehead atoms. The highest BCUT2D eigenvalue weighted by Crippen LogP contribution is 2.45. The molecule has 1 aliphatic heterocycles. The predicted octanol–water partition coefficient (Wildman–Crippen LogP) is 7.55. The van der Waals surface area contributed by atoms with E-state index in [9.17, 15) is 4.79 Å². The molecular formula is C33H30N2O2. The number of benzene rings is 4. The second kappa shape index (κ2) is 9.98. The van der Waals surface area contributed by atoms with Crippen molar-refractivity contribution >= 4 is 17.2 Å². The van der Waals surface area contributed by atoms with Crippen LogP contribution in [0.15, 0.2) is 114 Å². The molecule has 0 fully saturated rings. The summed E-state index contributed by atoms with van der Waals surface area (Å²) in [6.07, 6.45) is 1.27. The minimum absolute atomic E-state index is 0.148. The molecule has 6 rings (SSSR count). The van der Waals surface area contributed by atoms with Crippen molar-refractivity contribution in [2.24, 2.45) is 0 Å². The highest BCUT2D eigenvalue weighted by Gasteiger charge is 2.37. The van der Waals surface area contributed by atoms with E-state index in [2.05, 4.69) is 72.2 Å². The predicted molar refractivity (Wildman–Crippen MR) is 149 cm³/mol. The number of carbonyl (C=O) groups is 1. The van der Waals surface area contributed by atoms with E-state index < -0.39 is 0 Å². The van der Waals surface area contributed by atoms with Crippen molar-refractivity contribution in [1.82, 2.24) is 0 Å². The number of carbonyl (C=O) groups excluding carboxylic acids is 1. The molecular weight excluding hydrogens is 456 g/mol. The molecule has 0 saturated carbocycles. The smallest absolute Gasteiger partial charge is 0.163 e. The van der Waals surface area contributed by atoms with Crippen LogP contribution in [0.4, 0.5) is 11.4 Å². The van der Waals surface area contributed by atoms with E-state index in [1.165, 1.54) is 11.1 Å². The Morgan fingerprint density at radius 1 is 0.784 bits per heavy atom. The summed E-state index contributed by atoms with van der Waals surface area (Å²) in [5.74, 6) is 1.10. The zero-order valence-corrected chi connectivity index (χ0v) is 20.9. The van der Waals surface area contributed by atoms with E-state index in [1.54, 1.807) is 0 Å². The largest absolute Gasteiger partial charge is 0.489 e. The number of hydrogen-bond donors (Lipinski definition) is 2. The van der Waals surface area contributed by atoms with Gasteiger partial charge in [-0.3, -0.25) is 4.79 Å². The standard InChI is InChI=1S/C33H30N2O2/c1-22-15-17-24(18-16-22)25-19-29-32(30(36)20-25)33(35-28-13-7-6-12-27(28)34-29)26-11-5-8-14-31(26)37-21-23-9-3-2-4-10-23/h2-18,25,33-35H,19-21H2,1H3/t25-,33+/m1/s1. The number of ketones is 1. The van der Waals surface area contributed by atoms with Crippen LogP contribution in [-0.2, 0) is 11.4 Å². The van der Waals surface area contributed by atoms with Gasteiger partial charge in [0.2, 0.25) is 0 Å². The molecule has 2 aliphatic rings. The lowest BCUT2D eigenvalue weighted by Gasteiger charge is -2.30. The van der Waals surface area contributed by atoms with Crippen molar-refractivity contribution in [1.29, 1.82) is 0 Å². The number of allylic oxidation sites excluding steroid dienone is 1. The normalized spacial score (nSPS) is 18.7. The van der Waals surface area contributed by atoms with Crippen LogP contribution < -0.4 is 15.4 Å². The second-order valence-corrected chi connectivity index (χ2v) is 9.89. The molecule has 4 heteroatoms. The van der Waals surface area contributed by atoms with Crippen LogP contribution in [0.2, 0.25) is 0 Å². The molecule has 4 aromatic carbocycles. The third-order valence-corrected chi connectivity index (χ3v) is 7.32. The minimum Gasteiger partial charge on any atom is -0.489 e. The van der Waals surface area contributed by atoms with E-state index in [-0.39, 0.29) is 17.7 Å². The van der Waals surface area contributed by atoms with Gasteiger partial charge in [0.25, 0.3) is 0 Å². The molecule has 0 aromatic heterocycles. The van der Waals surface area contributed by atoms with E-state index in [1.807, 2.05) is 48.5 Å². The van der Waals surface area contributed by atoms with Gasteiger partial charge in [0, 0.05) is 23.3 Å². The van der Waals surface area contributed by atoms with Crippen LogP contribution in [0.5, 0.6) is 5.75 Å². The fraction of sp³-hybridized carbons (Fsp3) is 0.182. The van der Waals surface area contributed by atoms with Crippen LogP contribution in [0.25, 0.3) is 0 Å². The molecule has 0 saturated heterocycles. The van der Waals surface area contributed by atoms with Crippen molar-refractivity contribution in [3.63, 3.8) is 0 Å². The van der Waals surface area contributed by atoms with Gasteiger partial charge in [-0.25, -0.2) is 0 Å². The molecule has 1 aliphatic carbocycles. The Kier molecular flexibility index (Phi) is 6.23. The maximum Gasteiger partial charge on any atom is 0.163 e. The van der Waals surface area contributed by atoms with Crippen LogP contribution >= 0.6 is 0 Å². The lowest BCUT2D eigenvalue weighted by Crippen LogP contribution is -2.27. The molecule has 4 nitrogen and oxygen atoms in total. The molecule has 2 N–H and O–H groups in total. The fourth-order valence-electron chi connectivity index (χ4n) is 5.39. The quantitative estimate of drug-likeness (QED) is 0.306. The SMILES string of the molecule is Cc1ccc([C@H]2CC(=O)C3=C(C2)Nc2ccccc2N[C@H]3c2ccccc2OCc2ccccc2)cc1. The van der Waals surface area contributed by atoms with Crippen molar-refractivity contribution in [3.8, 4) is 5.75 Å². The van der Waals surface area contributed by atoms with Gasteiger partial charge in [-0.2, -0.15) is 0 Å². The Hall–Kier alpha value is -4.31. The number of para-hydroxylation sites is 3. The Bertz CT molecular complexity index is 1460. The molecule has 0 spiro atoms. The third-order valence-electron chi connectivity index (χ3n) is 7.32. The number of nitrogens with one attached hydrogen (secondary N) is 2. The van der Waals surface area contributed by atoms with Crippen LogP contribution in [0.3, 0.4) is 0 Å². The lowest BCUT2D eigenvalue weighted by molar-refractivity contribution is -0.116. The molecule has 4 aromatic rings. The summed E-state index contributed by atoms with van der Waals surface area (Å²) in [4.78, 5) is 13.9. The van der Waals surface area contributed by atoms with Crippen molar-refractivity contribution in [2.75, 3.05) is 10.6 Å². The van der Waals surface area contributed by atoms with Gasteiger partial charge in [0.05, 0.1) is 17.4 Å². The van der Waals surface area contributed by atoms with Gasteiger partial charge in [-0.1, -0.05) is 90.5 Å². The zero-order chi connectivity index (χ0) is 25.2. The summed E-state index contributed by atoms with van der Waals surface area (Å²) in [5, 5.41) is 7.32. The number of ether oxygens (including phenoxy) is 1. The van der Waals surface area contributed by atoms with E-state index in [0.717, 1.165) is 45.9 Å². The van der Waals surface area contributed by atoms with Crippen molar-refractivity contribution < 1.29 is 9.53 Å².